The number of aryl methyl sites for hydroxylation is 1. The Labute approximate surface area is 99.8 Å². The van der Waals surface area contributed by atoms with Crippen molar-refractivity contribution in [2.45, 2.75) is 6.92 Å². The molecule has 3 nitrogen and oxygen atoms in total. The zero-order chi connectivity index (χ0) is 12.3. The van der Waals surface area contributed by atoms with Gasteiger partial charge >= 0.3 is 0 Å². The summed E-state index contributed by atoms with van der Waals surface area (Å²) < 4.78 is 5.19. The van der Waals surface area contributed by atoms with Crippen molar-refractivity contribution < 1.29 is 4.42 Å². The molecule has 2 rings (SSSR count). The van der Waals surface area contributed by atoms with Crippen LogP contribution in [0.15, 0.2) is 47.1 Å². The molecular formula is C14H12N2O. The molecule has 0 aliphatic rings. The topological polar surface area (TPSA) is 62.9 Å². The second kappa shape index (κ2) is 4.58. The number of nitriles is 1. The lowest BCUT2D eigenvalue weighted by molar-refractivity contribution is 0.533. The highest BCUT2D eigenvalue weighted by Gasteiger charge is 2.11. The van der Waals surface area contributed by atoms with E-state index in [4.69, 9.17) is 10.2 Å². The molecule has 84 valence electrons. The third kappa shape index (κ3) is 2.06. The van der Waals surface area contributed by atoms with E-state index in [9.17, 15) is 5.26 Å². The Morgan fingerprint density at radius 1 is 1.24 bits per heavy atom. The van der Waals surface area contributed by atoms with Crippen LogP contribution in [0.25, 0.3) is 11.3 Å². The van der Waals surface area contributed by atoms with Gasteiger partial charge in [-0.2, -0.15) is 5.26 Å². The Morgan fingerprint density at radius 3 is 2.47 bits per heavy atom. The Balaban J connectivity index is 2.57. The zero-order valence-electron chi connectivity index (χ0n) is 9.47. The first-order valence-corrected chi connectivity index (χ1v) is 5.23. The molecule has 0 aliphatic heterocycles. The summed E-state index contributed by atoms with van der Waals surface area (Å²) in [5.41, 5.74) is 8.52. The first-order valence-electron chi connectivity index (χ1n) is 5.23. The van der Waals surface area contributed by atoms with Gasteiger partial charge in [0.25, 0.3) is 0 Å². The maximum Gasteiger partial charge on any atom is 0.109 e. The monoisotopic (exact) mass is 224 g/mol. The van der Waals surface area contributed by atoms with Crippen LogP contribution in [0.1, 0.15) is 16.9 Å². The van der Waals surface area contributed by atoms with E-state index >= 15 is 0 Å². The summed E-state index contributed by atoms with van der Waals surface area (Å²) >= 11 is 0. The van der Waals surface area contributed by atoms with Crippen LogP contribution >= 0.6 is 0 Å². The van der Waals surface area contributed by atoms with Crippen molar-refractivity contribution in [1.29, 1.82) is 5.26 Å². The predicted molar refractivity (Wildman–Crippen MR) is 66.5 cm³/mol. The normalized spacial score (nSPS) is 11.8. The van der Waals surface area contributed by atoms with E-state index in [0.717, 1.165) is 11.1 Å². The molecule has 0 radical (unpaired) electrons. The molecule has 2 N–H and O–H groups in total. The molecule has 0 fully saturated rings. The molecule has 0 atom stereocenters. The number of furan rings is 1. The van der Waals surface area contributed by atoms with E-state index in [2.05, 4.69) is 6.07 Å². The quantitative estimate of drug-likeness (QED) is 0.797. The number of allylic oxidation sites excluding steroid dienone is 1. The summed E-state index contributed by atoms with van der Waals surface area (Å²) in [6.07, 6.45) is 1.57. The summed E-state index contributed by atoms with van der Waals surface area (Å²) in [6, 6.07) is 13.3. The molecule has 0 spiro atoms. The summed E-state index contributed by atoms with van der Waals surface area (Å²) in [5, 5.41) is 9.22. The highest BCUT2D eigenvalue weighted by atomic mass is 16.3. The summed E-state index contributed by atoms with van der Waals surface area (Å²) in [7, 11) is 0. The Morgan fingerprint density at radius 2 is 1.94 bits per heavy atom. The third-order valence-corrected chi connectivity index (χ3v) is 2.59. The van der Waals surface area contributed by atoms with E-state index in [-0.39, 0.29) is 0 Å². The number of hydrogen-bond acceptors (Lipinski definition) is 3. The van der Waals surface area contributed by atoms with Crippen molar-refractivity contribution in [1.82, 2.24) is 0 Å². The van der Waals surface area contributed by atoms with Gasteiger partial charge in [0.05, 0.1) is 17.5 Å². The van der Waals surface area contributed by atoms with Gasteiger partial charge in [-0.25, -0.2) is 0 Å². The van der Waals surface area contributed by atoms with Crippen LogP contribution in [0.5, 0.6) is 0 Å². The van der Waals surface area contributed by atoms with Crippen LogP contribution in [-0.2, 0) is 0 Å². The van der Waals surface area contributed by atoms with Gasteiger partial charge < -0.3 is 10.2 Å². The molecule has 0 aliphatic carbocycles. The Kier molecular flexibility index (Phi) is 2.97. The second-order valence-electron chi connectivity index (χ2n) is 3.66. The fourth-order valence-electron chi connectivity index (χ4n) is 1.68. The van der Waals surface area contributed by atoms with Gasteiger partial charge in [0.15, 0.2) is 0 Å². The minimum atomic E-state index is 0.449. The van der Waals surface area contributed by atoms with Crippen LogP contribution in [0.2, 0.25) is 0 Å². The fraction of sp³-hybridized carbons (Fsp3) is 0.0714. The van der Waals surface area contributed by atoms with E-state index in [0.29, 0.717) is 17.0 Å². The number of nitrogens with zero attached hydrogens (tertiary/aromatic N) is 1. The van der Waals surface area contributed by atoms with Crippen molar-refractivity contribution in [3.8, 4) is 6.07 Å². The van der Waals surface area contributed by atoms with Gasteiger partial charge in [0.1, 0.15) is 11.8 Å². The summed E-state index contributed by atoms with van der Waals surface area (Å²) in [6.45, 7) is 1.82. The first kappa shape index (κ1) is 11.0. The number of nitrogens with two attached hydrogens (primary N) is 1. The molecule has 1 aromatic heterocycles. The third-order valence-electron chi connectivity index (χ3n) is 2.59. The average Bonchev–Trinajstić information content (AvgIpc) is 2.77. The first-order chi connectivity index (χ1) is 8.24. The molecule has 1 aromatic carbocycles. The van der Waals surface area contributed by atoms with Gasteiger partial charge in [-0.1, -0.05) is 30.3 Å². The number of hydrogen-bond donors (Lipinski definition) is 1. The highest BCUT2D eigenvalue weighted by Crippen LogP contribution is 2.24. The largest absolute Gasteiger partial charge is 0.469 e. The van der Waals surface area contributed by atoms with E-state index in [1.54, 1.807) is 12.3 Å². The van der Waals surface area contributed by atoms with E-state index < -0.39 is 0 Å². The van der Waals surface area contributed by atoms with Crippen molar-refractivity contribution in [3.05, 3.63) is 59.5 Å². The molecule has 2 aromatic rings. The van der Waals surface area contributed by atoms with Crippen LogP contribution < -0.4 is 5.73 Å². The van der Waals surface area contributed by atoms with Gasteiger partial charge in [0, 0.05) is 5.56 Å². The molecule has 17 heavy (non-hydrogen) atoms. The van der Waals surface area contributed by atoms with Gasteiger partial charge in [-0.15, -0.1) is 0 Å². The summed E-state index contributed by atoms with van der Waals surface area (Å²) in [5.74, 6) is 0.714. The Hall–Kier alpha value is -2.47. The second-order valence-corrected chi connectivity index (χ2v) is 3.66. The van der Waals surface area contributed by atoms with E-state index in [1.807, 2.05) is 37.3 Å². The average molecular weight is 224 g/mol. The molecule has 1 heterocycles. The zero-order valence-corrected chi connectivity index (χ0v) is 9.47. The molecular weight excluding hydrogens is 212 g/mol. The smallest absolute Gasteiger partial charge is 0.109 e. The molecule has 0 bridgehead atoms. The molecule has 0 amide bonds. The number of rotatable bonds is 2. The summed E-state index contributed by atoms with van der Waals surface area (Å²) in [4.78, 5) is 0. The lowest BCUT2D eigenvalue weighted by Gasteiger charge is -2.04. The van der Waals surface area contributed by atoms with Crippen LogP contribution in [0.4, 0.5) is 0 Å². The minimum Gasteiger partial charge on any atom is -0.469 e. The maximum atomic E-state index is 9.22. The fourth-order valence-corrected chi connectivity index (χ4v) is 1.68. The minimum absolute atomic E-state index is 0.449. The van der Waals surface area contributed by atoms with Crippen LogP contribution in [-0.4, -0.2) is 0 Å². The van der Waals surface area contributed by atoms with Crippen molar-refractivity contribution in [2.75, 3.05) is 0 Å². The van der Waals surface area contributed by atoms with Gasteiger partial charge in [-0.3, -0.25) is 0 Å². The molecule has 0 unspecified atom stereocenters. The highest BCUT2D eigenvalue weighted by molar-refractivity contribution is 5.96. The van der Waals surface area contributed by atoms with Crippen LogP contribution in [0.3, 0.4) is 0 Å². The molecule has 3 heteroatoms. The Bertz CT molecular complexity index is 588. The van der Waals surface area contributed by atoms with Crippen LogP contribution in [0, 0.1) is 18.3 Å². The van der Waals surface area contributed by atoms with Crippen molar-refractivity contribution >= 4 is 11.3 Å². The SMILES string of the molecule is Cc1occc1/C(N)=C(/C#N)c1ccccc1. The van der Waals surface area contributed by atoms with Gasteiger partial charge in [0.2, 0.25) is 0 Å². The maximum absolute atomic E-state index is 9.22. The standard InChI is InChI=1S/C14H12N2O/c1-10-12(7-8-17-10)14(16)13(9-15)11-5-3-2-4-6-11/h2-8H,16H2,1H3/b14-13+. The molecule has 0 saturated heterocycles. The lowest BCUT2D eigenvalue weighted by Crippen LogP contribution is -2.00. The lowest BCUT2D eigenvalue weighted by atomic mass is 10.0. The predicted octanol–water partition coefficient (Wildman–Crippen LogP) is 2.94. The van der Waals surface area contributed by atoms with Crippen molar-refractivity contribution in [3.63, 3.8) is 0 Å². The molecule has 0 saturated carbocycles. The van der Waals surface area contributed by atoms with Gasteiger partial charge in [-0.05, 0) is 18.6 Å². The van der Waals surface area contributed by atoms with Crippen molar-refractivity contribution in [2.24, 2.45) is 5.73 Å². The number of benzene rings is 1. The van der Waals surface area contributed by atoms with E-state index in [1.165, 1.54) is 0 Å².